The van der Waals surface area contributed by atoms with Crippen molar-refractivity contribution in [3.8, 4) is 5.75 Å². The molecule has 2 rings (SSSR count). The Labute approximate surface area is 101 Å². The van der Waals surface area contributed by atoms with Crippen LogP contribution in [0, 0.1) is 0 Å². The summed E-state index contributed by atoms with van der Waals surface area (Å²) in [5.74, 6) is -0.203. The molecule has 4 nitrogen and oxygen atoms in total. The second kappa shape index (κ2) is 4.75. The molecule has 0 amide bonds. The van der Waals surface area contributed by atoms with E-state index >= 15 is 0 Å². The third kappa shape index (κ3) is 2.00. The maximum absolute atomic E-state index is 12.0. The molecular formula is C13H17NO3. The summed E-state index contributed by atoms with van der Waals surface area (Å²) in [6.07, 6.45) is 2.63. The van der Waals surface area contributed by atoms with Crippen molar-refractivity contribution >= 4 is 5.97 Å². The van der Waals surface area contributed by atoms with Crippen molar-refractivity contribution < 1.29 is 14.6 Å². The number of rotatable bonds is 2. The first-order valence-electron chi connectivity index (χ1n) is 5.82. The fraction of sp³-hybridized carbons (Fsp3) is 0.462. The SMILES string of the molecule is COC(=O)C1(c2ccccc2O)CCCCN1. The maximum Gasteiger partial charge on any atom is 0.330 e. The van der Waals surface area contributed by atoms with Crippen molar-refractivity contribution in [1.82, 2.24) is 5.32 Å². The minimum Gasteiger partial charge on any atom is -0.508 e. The summed E-state index contributed by atoms with van der Waals surface area (Å²) >= 11 is 0. The second-order valence-electron chi connectivity index (χ2n) is 4.30. The number of piperidine rings is 1. The highest BCUT2D eigenvalue weighted by atomic mass is 16.5. The average molecular weight is 235 g/mol. The molecule has 1 aromatic carbocycles. The first-order valence-corrected chi connectivity index (χ1v) is 5.82. The van der Waals surface area contributed by atoms with Crippen LogP contribution in [-0.2, 0) is 15.1 Å². The Morgan fingerprint density at radius 3 is 2.76 bits per heavy atom. The molecule has 0 radical (unpaired) electrons. The van der Waals surface area contributed by atoms with E-state index in [-0.39, 0.29) is 11.7 Å². The van der Waals surface area contributed by atoms with Crippen LogP contribution in [-0.4, -0.2) is 24.7 Å². The van der Waals surface area contributed by atoms with Gasteiger partial charge in [-0.05, 0) is 31.9 Å². The van der Waals surface area contributed by atoms with Gasteiger partial charge in [-0.1, -0.05) is 18.2 Å². The van der Waals surface area contributed by atoms with Gasteiger partial charge in [-0.15, -0.1) is 0 Å². The van der Waals surface area contributed by atoms with E-state index in [0.29, 0.717) is 12.0 Å². The lowest BCUT2D eigenvalue weighted by Gasteiger charge is -2.36. The van der Waals surface area contributed by atoms with E-state index in [1.165, 1.54) is 7.11 Å². The van der Waals surface area contributed by atoms with Crippen molar-refractivity contribution in [2.75, 3.05) is 13.7 Å². The van der Waals surface area contributed by atoms with Gasteiger partial charge in [-0.25, -0.2) is 4.79 Å². The van der Waals surface area contributed by atoms with Gasteiger partial charge in [-0.2, -0.15) is 0 Å². The van der Waals surface area contributed by atoms with Crippen LogP contribution in [0.5, 0.6) is 5.75 Å². The number of hydrogen-bond donors (Lipinski definition) is 2. The van der Waals surface area contributed by atoms with E-state index in [9.17, 15) is 9.90 Å². The molecule has 0 aromatic heterocycles. The molecule has 1 aliphatic rings. The zero-order valence-corrected chi connectivity index (χ0v) is 9.90. The van der Waals surface area contributed by atoms with Crippen LogP contribution in [0.25, 0.3) is 0 Å². The van der Waals surface area contributed by atoms with Crippen molar-refractivity contribution in [2.45, 2.75) is 24.8 Å². The molecule has 0 saturated carbocycles. The van der Waals surface area contributed by atoms with E-state index < -0.39 is 5.54 Å². The molecule has 17 heavy (non-hydrogen) atoms. The van der Waals surface area contributed by atoms with Gasteiger partial charge >= 0.3 is 5.97 Å². The molecule has 1 aliphatic heterocycles. The van der Waals surface area contributed by atoms with Crippen LogP contribution >= 0.6 is 0 Å². The number of nitrogens with one attached hydrogen (secondary N) is 1. The smallest absolute Gasteiger partial charge is 0.330 e. The van der Waals surface area contributed by atoms with E-state index in [1.54, 1.807) is 18.2 Å². The lowest BCUT2D eigenvalue weighted by Crippen LogP contribution is -2.52. The van der Waals surface area contributed by atoms with E-state index in [1.807, 2.05) is 6.07 Å². The number of benzene rings is 1. The minimum atomic E-state index is -0.891. The van der Waals surface area contributed by atoms with Gasteiger partial charge in [0.05, 0.1) is 7.11 Å². The molecule has 1 saturated heterocycles. The van der Waals surface area contributed by atoms with Crippen molar-refractivity contribution in [3.05, 3.63) is 29.8 Å². The largest absolute Gasteiger partial charge is 0.508 e. The van der Waals surface area contributed by atoms with Crippen LogP contribution in [0.1, 0.15) is 24.8 Å². The number of ether oxygens (including phenoxy) is 1. The first-order chi connectivity index (χ1) is 8.20. The number of carbonyl (C=O) groups excluding carboxylic acids is 1. The normalized spacial score (nSPS) is 24.3. The number of esters is 1. The average Bonchev–Trinajstić information content (AvgIpc) is 2.39. The summed E-state index contributed by atoms with van der Waals surface area (Å²) in [5, 5.41) is 13.1. The molecule has 1 heterocycles. The Kier molecular flexibility index (Phi) is 3.33. The Balaban J connectivity index is 2.46. The molecule has 1 fully saturated rings. The van der Waals surface area contributed by atoms with E-state index in [4.69, 9.17) is 4.74 Å². The molecular weight excluding hydrogens is 218 g/mol. The Hall–Kier alpha value is -1.55. The number of carbonyl (C=O) groups is 1. The summed E-state index contributed by atoms with van der Waals surface area (Å²) in [6.45, 7) is 0.753. The van der Waals surface area contributed by atoms with Crippen LogP contribution in [0.2, 0.25) is 0 Å². The van der Waals surface area contributed by atoms with Crippen LogP contribution in [0.3, 0.4) is 0 Å². The fourth-order valence-electron chi connectivity index (χ4n) is 2.43. The highest BCUT2D eigenvalue weighted by molar-refractivity contribution is 5.83. The zero-order valence-electron chi connectivity index (χ0n) is 9.90. The van der Waals surface area contributed by atoms with Crippen molar-refractivity contribution in [3.63, 3.8) is 0 Å². The summed E-state index contributed by atoms with van der Waals surface area (Å²) in [7, 11) is 1.38. The van der Waals surface area contributed by atoms with Gasteiger partial charge in [0.2, 0.25) is 0 Å². The summed E-state index contributed by atoms with van der Waals surface area (Å²) < 4.78 is 4.89. The lowest BCUT2D eigenvalue weighted by molar-refractivity contribution is -0.150. The van der Waals surface area contributed by atoms with Crippen molar-refractivity contribution in [2.24, 2.45) is 0 Å². The van der Waals surface area contributed by atoms with Gasteiger partial charge in [0.1, 0.15) is 11.3 Å². The Bertz CT molecular complexity index is 411. The third-order valence-electron chi connectivity index (χ3n) is 3.30. The molecule has 2 N–H and O–H groups in total. The van der Waals surface area contributed by atoms with Crippen molar-refractivity contribution in [1.29, 1.82) is 0 Å². The lowest BCUT2D eigenvalue weighted by atomic mass is 9.82. The number of aromatic hydroxyl groups is 1. The Morgan fingerprint density at radius 2 is 2.18 bits per heavy atom. The minimum absolute atomic E-state index is 0.132. The molecule has 1 unspecified atom stereocenters. The monoisotopic (exact) mass is 235 g/mol. The van der Waals surface area contributed by atoms with Gasteiger partial charge in [0.25, 0.3) is 0 Å². The van der Waals surface area contributed by atoms with Gasteiger partial charge < -0.3 is 9.84 Å². The van der Waals surface area contributed by atoms with Crippen LogP contribution in [0.4, 0.5) is 0 Å². The zero-order chi connectivity index (χ0) is 12.3. The number of para-hydroxylation sites is 1. The van der Waals surface area contributed by atoms with Gasteiger partial charge in [-0.3, -0.25) is 5.32 Å². The molecule has 0 aliphatic carbocycles. The predicted molar refractivity (Wildman–Crippen MR) is 63.7 cm³/mol. The highest BCUT2D eigenvalue weighted by Crippen LogP contribution is 2.36. The number of hydrogen-bond acceptors (Lipinski definition) is 4. The van der Waals surface area contributed by atoms with Gasteiger partial charge in [0.15, 0.2) is 0 Å². The topological polar surface area (TPSA) is 58.6 Å². The summed E-state index contributed by atoms with van der Waals surface area (Å²) in [6, 6.07) is 6.92. The van der Waals surface area contributed by atoms with E-state index in [2.05, 4.69) is 5.32 Å². The summed E-state index contributed by atoms with van der Waals surface area (Å²) in [4.78, 5) is 12.0. The Morgan fingerprint density at radius 1 is 1.41 bits per heavy atom. The molecule has 0 bridgehead atoms. The number of phenols is 1. The quantitative estimate of drug-likeness (QED) is 0.763. The maximum atomic E-state index is 12.0. The number of phenolic OH excluding ortho intramolecular Hbond substituents is 1. The molecule has 4 heteroatoms. The fourth-order valence-corrected chi connectivity index (χ4v) is 2.43. The standard InChI is InChI=1S/C13H17NO3/c1-17-12(16)13(8-4-5-9-14-13)10-6-2-3-7-11(10)15/h2-3,6-7,14-15H,4-5,8-9H2,1H3. The summed E-state index contributed by atoms with van der Waals surface area (Å²) in [5.41, 5.74) is -0.287. The van der Waals surface area contributed by atoms with Crippen LogP contribution < -0.4 is 5.32 Å². The molecule has 1 atom stereocenters. The molecule has 92 valence electrons. The third-order valence-corrected chi connectivity index (χ3v) is 3.30. The highest BCUT2D eigenvalue weighted by Gasteiger charge is 2.43. The molecule has 0 spiro atoms. The predicted octanol–water partition coefficient (Wildman–Crippen LogP) is 1.53. The second-order valence-corrected chi connectivity index (χ2v) is 4.30. The first kappa shape index (κ1) is 11.9. The van der Waals surface area contributed by atoms with Crippen LogP contribution in [0.15, 0.2) is 24.3 Å². The van der Waals surface area contributed by atoms with Gasteiger partial charge in [0, 0.05) is 5.56 Å². The number of methoxy groups -OCH3 is 1. The molecule has 1 aromatic rings. The van der Waals surface area contributed by atoms with E-state index in [0.717, 1.165) is 19.4 Å².